The van der Waals surface area contributed by atoms with Crippen molar-refractivity contribution < 1.29 is 9.53 Å². The molecule has 1 aliphatic rings. The molecule has 0 aliphatic carbocycles. The number of rotatable bonds is 4. The zero-order valence-electron chi connectivity index (χ0n) is 15.7. The number of aryl methyl sites for hydroxylation is 1. The average molecular weight is 377 g/mol. The number of carbonyl (C=O) groups excluding carboxylic acids is 1. The van der Waals surface area contributed by atoms with Gasteiger partial charge in [0.25, 0.3) is 11.5 Å². The van der Waals surface area contributed by atoms with Crippen LogP contribution in [0.25, 0.3) is 22.0 Å². The SMILES string of the molecule is Cc1c(-c2cccc(C(=O)NC[C@@H]3CNCCO3)c2)c(=O)[nH]c2ccccc12. The molecule has 0 radical (unpaired) electrons. The van der Waals surface area contributed by atoms with Crippen molar-refractivity contribution in [2.75, 3.05) is 26.2 Å². The fraction of sp³-hybridized carbons (Fsp3) is 0.273. The number of ether oxygens (including phenoxy) is 1. The van der Waals surface area contributed by atoms with Crippen LogP contribution >= 0.6 is 0 Å². The van der Waals surface area contributed by atoms with E-state index in [9.17, 15) is 9.59 Å². The quantitative estimate of drug-likeness (QED) is 0.651. The lowest BCUT2D eigenvalue weighted by Gasteiger charge is -2.23. The third-order valence-electron chi connectivity index (χ3n) is 5.09. The highest BCUT2D eigenvalue weighted by Gasteiger charge is 2.16. The van der Waals surface area contributed by atoms with Gasteiger partial charge in [-0.1, -0.05) is 30.3 Å². The number of hydrogen-bond acceptors (Lipinski definition) is 4. The number of fused-ring (bicyclic) bond motifs is 1. The Morgan fingerprint density at radius 1 is 1.21 bits per heavy atom. The lowest BCUT2D eigenvalue weighted by molar-refractivity contribution is 0.0287. The minimum absolute atomic E-state index is 0.0218. The maximum atomic E-state index is 12.7. The van der Waals surface area contributed by atoms with E-state index in [-0.39, 0.29) is 17.6 Å². The van der Waals surface area contributed by atoms with Crippen molar-refractivity contribution in [2.24, 2.45) is 0 Å². The van der Waals surface area contributed by atoms with Gasteiger partial charge in [0.05, 0.1) is 18.3 Å². The summed E-state index contributed by atoms with van der Waals surface area (Å²) in [5.74, 6) is -0.175. The maximum Gasteiger partial charge on any atom is 0.256 e. The molecule has 1 fully saturated rings. The maximum absolute atomic E-state index is 12.7. The first-order valence-corrected chi connectivity index (χ1v) is 9.46. The molecule has 1 aromatic heterocycles. The van der Waals surface area contributed by atoms with Crippen LogP contribution in [0, 0.1) is 6.92 Å². The highest BCUT2D eigenvalue weighted by atomic mass is 16.5. The molecule has 0 spiro atoms. The van der Waals surface area contributed by atoms with E-state index in [1.807, 2.05) is 37.3 Å². The molecule has 4 rings (SSSR count). The molecule has 1 atom stereocenters. The third kappa shape index (κ3) is 3.69. The standard InChI is InChI=1S/C22H23N3O3/c1-14-18-7-2-3-8-19(18)25-22(27)20(14)15-5-4-6-16(11-15)21(26)24-13-17-12-23-9-10-28-17/h2-8,11,17,23H,9-10,12-13H2,1H3,(H,24,26)(H,25,27)/t17-/m0/s1. The zero-order valence-corrected chi connectivity index (χ0v) is 15.7. The van der Waals surface area contributed by atoms with Crippen molar-refractivity contribution in [3.05, 3.63) is 70.0 Å². The van der Waals surface area contributed by atoms with Crippen LogP contribution in [0.3, 0.4) is 0 Å². The number of para-hydroxylation sites is 1. The van der Waals surface area contributed by atoms with Crippen molar-refractivity contribution in [1.82, 2.24) is 15.6 Å². The van der Waals surface area contributed by atoms with Gasteiger partial charge in [0.1, 0.15) is 0 Å². The number of H-pyrrole nitrogens is 1. The summed E-state index contributed by atoms with van der Waals surface area (Å²) in [7, 11) is 0. The monoisotopic (exact) mass is 377 g/mol. The molecule has 1 saturated heterocycles. The first-order valence-electron chi connectivity index (χ1n) is 9.46. The van der Waals surface area contributed by atoms with Crippen LogP contribution in [0.15, 0.2) is 53.3 Å². The summed E-state index contributed by atoms with van der Waals surface area (Å²) in [5, 5.41) is 7.15. The van der Waals surface area contributed by atoms with Gasteiger partial charge in [-0.15, -0.1) is 0 Å². The Balaban J connectivity index is 1.61. The predicted molar refractivity (Wildman–Crippen MR) is 110 cm³/mol. The van der Waals surface area contributed by atoms with Gasteiger partial charge in [-0.05, 0) is 36.2 Å². The second kappa shape index (κ2) is 7.96. The number of aromatic amines is 1. The predicted octanol–water partition coefficient (Wildman–Crippen LogP) is 2.22. The second-order valence-corrected chi connectivity index (χ2v) is 6.99. The molecule has 0 bridgehead atoms. The molecule has 6 heteroatoms. The molecule has 3 N–H and O–H groups in total. The first-order chi connectivity index (χ1) is 13.6. The van der Waals surface area contributed by atoms with Gasteiger partial charge in [-0.2, -0.15) is 0 Å². The molecular weight excluding hydrogens is 354 g/mol. The molecule has 1 aliphatic heterocycles. The van der Waals surface area contributed by atoms with Gasteiger partial charge >= 0.3 is 0 Å². The van der Waals surface area contributed by atoms with Crippen LogP contribution in [0.1, 0.15) is 15.9 Å². The summed E-state index contributed by atoms with van der Waals surface area (Å²) < 4.78 is 5.61. The van der Waals surface area contributed by atoms with Gasteiger partial charge in [0, 0.05) is 36.1 Å². The molecule has 3 aromatic rings. The number of carbonyl (C=O) groups is 1. The fourth-order valence-corrected chi connectivity index (χ4v) is 3.63. The minimum Gasteiger partial charge on any atom is -0.374 e. The Morgan fingerprint density at radius 3 is 2.89 bits per heavy atom. The van der Waals surface area contributed by atoms with Gasteiger partial charge < -0.3 is 20.4 Å². The van der Waals surface area contributed by atoms with Gasteiger partial charge in [-0.25, -0.2) is 0 Å². The minimum atomic E-state index is -0.175. The molecular formula is C22H23N3O3. The number of hydrogen-bond donors (Lipinski definition) is 3. The van der Waals surface area contributed by atoms with Crippen LogP contribution in [0.2, 0.25) is 0 Å². The van der Waals surface area contributed by atoms with Crippen LogP contribution < -0.4 is 16.2 Å². The number of benzene rings is 2. The van der Waals surface area contributed by atoms with E-state index in [0.29, 0.717) is 24.3 Å². The average Bonchev–Trinajstić information content (AvgIpc) is 2.73. The molecule has 28 heavy (non-hydrogen) atoms. The van der Waals surface area contributed by atoms with E-state index in [0.717, 1.165) is 35.1 Å². The summed E-state index contributed by atoms with van der Waals surface area (Å²) >= 11 is 0. The molecule has 2 heterocycles. The Morgan fingerprint density at radius 2 is 2.07 bits per heavy atom. The molecule has 0 saturated carbocycles. The lowest BCUT2D eigenvalue weighted by atomic mass is 9.97. The molecule has 2 aromatic carbocycles. The van der Waals surface area contributed by atoms with Crippen molar-refractivity contribution in [1.29, 1.82) is 0 Å². The topological polar surface area (TPSA) is 83.2 Å². The largest absolute Gasteiger partial charge is 0.374 e. The number of amides is 1. The van der Waals surface area contributed by atoms with Gasteiger partial charge in [0.15, 0.2) is 0 Å². The smallest absolute Gasteiger partial charge is 0.256 e. The highest BCUT2D eigenvalue weighted by Crippen LogP contribution is 2.25. The molecule has 6 nitrogen and oxygen atoms in total. The van der Waals surface area contributed by atoms with E-state index < -0.39 is 0 Å². The lowest BCUT2D eigenvalue weighted by Crippen LogP contribution is -2.45. The molecule has 1 amide bonds. The Labute approximate surface area is 162 Å². The van der Waals surface area contributed by atoms with Crippen molar-refractivity contribution in [3.63, 3.8) is 0 Å². The second-order valence-electron chi connectivity index (χ2n) is 6.99. The zero-order chi connectivity index (χ0) is 19.5. The summed E-state index contributed by atoms with van der Waals surface area (Å²) in [4.78, 5) is 28.2. The van der Waals surface area contributed by atoms with E-state index in [1.165, 1.54) is 0 Å². The van der Waals surface area contributed by atoms with E-state index in [1.54, 1.807) is 18.2 Å². The van der Waals surface area contributed by atoms with E-state index >= 15 is 0 Å². The number of morpholine rings is 1. The Kier molecular flexibility index (Phi) is 5.23. The van der Waals surface area contributed by atoms with Gasteiger partial charge in [-0.3, -0.25) is 9.59 Å². The number of aromatic nitrogens is 1. The van der Waals surface area contributed by atoms with E-state index in [2.05, 4.69) is 15.6 Å². The van der Waals surface area contributed by atoms with Crippen molar-refractivity contribution in [3.8, 4) is 11.1 Å². The summed E-state index contributed by atoms with van der Waals surface area (Å²) in [6.45, 7) is 4.61. The van der Waals surface area contributed by atoms with Crippen molar-refractivity contribution in [2.45, 2.75) is 13.0 Å². The van der Waals surface area contributed by atoms with Crippen LogP contribution in [0.4, 0.5) is 0 Å². The normalized spacial score (nSPS) is 16.8. The molecule has 144 valence electrons. The van der Waals surface area contributed by atoms with Gasteiger partial charge in [0.2, 0.25) is 0 Å². The van der Waals surface area contributed by atoms with Crippen LogP contribution in [-0.4, -0.2) is 43.2 Å². The summed E-state index contributed by atoms with van der Waals surface area (Å²) in [6, 6.07) is 14.9. The number of nitrogens with one attached hydrogen (secondary N) is 3. The highest BCUT2D eigenvalue weighted by molar-refractivity contribution is 5.96. The fourth-order valence-electron chi connectivity index (χ4n) is 3.63. The Bertz CT molecular complexity index is 1070. The van der Waals surface area contributed by atoms with E-state index in [4.69, 9.17) is 4.74 Å². The summed E-state index contributed by atoms with van der Waals surface area (Å²) in [6.07, 6.45) is -0.0218. The third-order valence-corrected chi connectivity index (χ3v) is 5.09. The molecule has 0 unspecified atom stereocenters. The van der Waals surface area contributed by atoms with Crippen molar-refractivity contribution >= 4 is 16.8 Å². The Hall–Kier alpha value is -2.96. The van der Waals surface area contributed by atoms with Crippen LogP contribution in [0.5, 0.6) is 0 Å². The summed E-state index contributed by atoms with van der Waals surface area (Å²) in [5.41, 5.74) is 3.40. The number of pyridine rings is 1. The van der Waals surface area contributed by atoms with Crippen LogP contribution in [-0.2, 0) is 4.74 Å². The first kappa shape index (κ1) is 18.4.